The fourth-order valence-electron chi connectivity index (χ4n) is 4.16. The summed E-state index contributed by atoms with van der Waals surface area (Å²) in [7, 11) is -4.12. The molecule has 0 aliphatic rings. The zero-order valence-electron chi connectivity index (χ0n) is 23.6. The Balaban J connectivity index is 1.94. The molecule has 0 radical (unpaired) electrons. The van der Waals surface area contributed by atoms with Gasteiger partial charge in [-0.1, -0.05) is 55.5 Å². The van der Waals surface area contributed by atoms with Crippen LogP contribution in [0.3, 0.4) is 0 Å². The van der Waals surface area contributed by atoms with Gasteiger partial charge >= 0.3 is 0 Å². The number of nitrogens with zero attached hydrogens (tertiary/aromatic N) is 2. The molecule has 0 fully saturated rings. The molecule has 0 aliphatic heterocycles. The third-order valence-electron chi connectivity index (χ3n) is 6.70. The van der Waals surface area contributed by atoms with Gasteiger partial charge < -0.3 is 15.0 Å². The molecule has 9 heteroatoms. The van der Waals surface area contributed by atoms with E-state index in [-0.39, 0.29) is 23.4 Å². The average molecular weight is 566 g/mol. The number of hydrogen-bond acceptors (Lipinski definition) is 5. The van der Waals surface area contributed by atoms with Crippen molar-refractivity contribution in [3.05, 3.63) is 90.5 Å². The lowest BCUT2D eigenvalue weighted by Gasteiger charge is -2.32. The standard InChI is InChI=1S/C31H39N3O5S/c1-5-24(3)32-31(36)25(4)33(22-21-26-13-9-7-10-14-26)30(35)23-34(27-15-11-8-12-16-27)40(37,38)29-19-17-28(18-20-29)39-6-2/h7-20,24-25H,5-6,21-23H2,1-4H3,(H,32,36)/t24-,25+/m1/s1. The van der Waals surface area contributed by atoms with Gasteiger partial charge in [-0.05, 0) is 75.6 Å². The molecule has 0 saturated carbocycles. The van der Waals surface area contributed by atoms with Crippen LogP contribution in [-0.2, 0) is 26.0 Å². The SMILES string of the molecule is CCOc1ccc(S(=O)(=O)N(CC(=O)N(CCc2ccccc2)[C@@H](C)C(=O)N[C@H](C)CC)c2ccccc2)cc1. The lowest BCUT2D eigenvalue weighted by atomic mass is 10.1. The van der Waals surface area contributed by atoms with Crippen molar-refractivity contribution in [3.8, 4) is 5.75 Å². The number of amides is 2. The van der Waals surface area contributed by atoms with Gasteiger partial charge in [-0.2, -0.15) is 0 Å². The van der Waals surface area contributed by atoms with Crippen molar-refractivity contribution in [2.75, 3.05) is 24.0 Å². The third kappa shape index (κ3) is 8.08. The Morgan fingerprint density at radius 2 is 1.48 bits per heavy atom. The maximum atomic E-state index is 13.9. The summed E-state index contributed by atoms with van der Waals surface area (Å²) in [6, 6.07) is 23.4. The van der Waals surface area contributed by atoms with Gasteiger partial charge in [0.2, 0.25) is 11.8 Å². The fraction of sp³-hybridized carbons (Fsp3) is 0.355. The van der Waals surface area contributed by atoms with Crippen LogP contribution in [0, 0.1) is 0 Å². The minimum Gasteiger partial charge on any atom is -0.494 e. The van der Waals surface area contributed by atoms with Crippen LogP contribution < -0.4 is 14.4 Å². The molecule has 0 aromatic heterocycles. The Labute approximate surface area is 238 Å². The molecule has 40 heavy (non-hydrogen) atoms. The molecule has 8 nitrogen and oxygen atoms in total. The number of para-hydroxylation sites is 1. The first-order chi connectivity index (χ1) is 19.2. The number of ether oxygens (including phenoxy) is 1. The van der Waals surface area contributed by atoms with Crippen molar-refractivity contribution in [2.24, 2.45) is 0 Å². The summed E-state index contributed by atoms with van der Waals surface area (Å²) in [5.41, 5.74) is 1.36. The van der Waals surface area contributed by atoms with Gasteiger partial charge in [-0.3, -0.25) is 13.9 Å². The second-order valence-corrected chi connectivity index (χ2v) is 11.4. The smallest absolute Gasteiger partial charge is 0.264 e. The van der Waals surface area contributed by atoms with E-state index in [0.29, 0.717) is 24.5 Å². The highest BCUT2D eigenvalue weighted by Gasteiger charge is 2.32. The van der Waals surface area contributed by atoms with Crippen LogP contribution in [-0.4, -0.2) is 56.9 Å². The van der Waals surface area contributed by atoms with Crippen molar-refractivity contribution in [1.82, 2.24) is 10.2 Å². The average Bonchev–Trinajstić information content (AvgIpc) is 2.97. The van der Waals surface area contributed by atoms with E-state index in [1.54, 1.807) is 49.4 Å². The first-order valence-corrected chi connectivity index (χ1v) is 15.1. The summed E-state index contributed by atoms with van der Waals surface area (Å²) in [5.74, 6) is -0.200. The molecule has 0 spiro atoms. The van der Waals surface area contributed by atoms with Gasteiger partial charge in [0.05, 0.1) is 17.2 Å². The predicted octanol–water partition coefficient (Wildman–Crippen LogP) is 4.66. The summed E-state index contributed by atoms with van der Waals surface area (Å²) in [6.45, 7) is 7.64. The van der Waals surface area contributed by atoms with E-state index >= 15 is 0 Å². The molecule has 3 aromatic carbocycles. The van der Waals surface area contributed by atoms with E-state index in [2.05, 4.69) is 5.32 Å². The number of sulfonamides is 1. The molecule has 2 amide bonds. The van der Waals surface area contributed by atoms with Crippen LogP contribution in [0.25, 0.3) is 0 Å². The molecule has 3 rings (SSSR count). The number of hydrogen-bond donors (Lipinski definition) is 1. The van der Waals surface area contributed by atoms with Gasteiger partial charge in [0.15, 0.2) is 0 Å². The molecule has 1 N–H and O–H groups in total. The Kier molecular flexibility index (Phi) is 11.1. The fourth-order valence-corrected chi connectivity index (χ4v) is 5.57. The zero-order valence-corrected chi connectivity index (χ0v) is 24.4. The van der Waals surface area contributed by atoms with Crippen LogP contribution >= 0.6 is 0 Å². The van der Waals surface area contributed by atoms with Crippen LogP contribution in [0.15, 0.2) is 89.8 Å². The van der Waals surface area contributed by atoms with E-state index in [9.17, 15) is 18.0 Å². The molecular weight excluding hydrogens is 526 g/mol. The Morgan fingerprint density at radius 1 is 0.875 bits per heavy atom. The van der Waals surface area contributed by atoms with Crippen LogP contribution in [0.2, 0.25) is 0 Å². The number of benzene rings is 3. The second kappa shape index (κ2) is 14.5. The van der Waals surface area contributed by atoms with Crippen molar-refractivity contribution < 1.29 is 22.7 Å². The number of rotatable bonds is 14. The topological polar surface area (TPSA) is 96.0 Å². The van der Waals surface area contributed by atoms with Gasteiger partial charge in [-0.25, -0.2) is 8.42 Å². The van der Waals surface area contributed by atoms with Crippen molar-refractivity contribution in [3.63, 3.8) is 0 Å². The van der Waals surface area contributed by atoms with Gasteiger partial charge in [-0.15, -0.1) is 0 Å². The lowest BCUT2D eigenvalue weighted by molar-refractivity contribution is -0.139. The third-order valence-corrected chi connectivity index (χ3v) is 8.49. The molecule has 0 aliphatic carbocycles. The van der Waals surface area contributed by atoms with E-state index in [1.807, 2.05) is 51.1 Å². The Bertz CT molecular complexity index is 1330. The largest absolute Gasteiger partial charge is 0.494 e. The summed E-state index contributed by atoms with van der Waals surface area (Å²) in [5, 5.41) is 2.94. The summed E-state index contributed by atoms with van der Waals surface area (Å²) in [4.78, 5) is 28.5. The lowest BCUT2D eigenvalue weighted by Crippen LogP contribution is -2.53. The first kappa shape index (κ1) is 30.7. The summed E-state index contributed by atoms with van der Waals surface area (Å²) in [6.07, 6.45) is 1.27. The van der Waals surface area contributed by atoms with E-state index in [4.69, 9.17) is 4.74 Å². The number of anilines is 1. The van der Waals surface area contributed by atoms with Crippen LogP contribution in [0.5, 0.6) is 5.75 Å². The highest BCUT2D eigenvalue weighted by Crippen LogP contribution is 2.25. The molecule has 2 atom stereocenters. The zero-order chi connectivity index (χ0) is 29.1. The predicted molar refractivity (Wildman–Crippen MR) is 158 cm³/mol. The van der Waals surface area contributed by atoms with Crippen molar-refractivity contribution >= 4 is 27.5 Å². The highest BCUT2D eigenvalue weighted by molar-refractivity contribution is 7.92. The van der Waals surface area contributed by atoms with E-state index in [1.165, 1.54) is 17.0 Å². The van der Waals surface area contributed by atoms with E-state index < -0.39 is 28.5 Å². The quantitative estimate of drug-likeness (QED) is 0.307. The summed E-state index contributed by atoms with van der Waals surface area (Å²) >= 11 is 0. The van der Waals surface area contributed by atoms with Crippen LogP contribution in [0.1, 0.15) is 39.7 Å². The van der Waals surface area contributed by atoms with E-state index in [0.717, 1.165) is 16.3 Å². The Hall–Kier alpha value is -3.85. The van der Waals surface area contributed by atoms with Gasteiger partial charge in [0.25, 0.3) is 10.0 Å². The first-order valence-electron chi connectivity index (χ1n) is 13.6. The minimum absolute atomic E-state index is 0.0333. The maximum Gasteiger partial charge on any atom is 0.264 e. The molecule has 0 unspecified atom stereocenters. The van der Waals surface area contributed by atoms with Crippen LogP contribution in [0.4, 0.5) is 5.69 Å². The molecule has 3 aromatic rings. The monoisotopic (exact) mass is 565 g/mol. The van der Waals surface area contributed by atoms with Crippen molar-refractivity contribution in [2.45, 2.75) is 57.5 Å². The number of carbonyl (C=O) groups is 2. The second-order valence-electron chi connectivity index (χ2n) is 9.57. The molecule has 0 bridgehead atoms. The normalized spacial score (nSPS) is 12.7. The maximum absolute atomic E-state index is 13.9. The van der Waals surface area contributed by atoms with Crippen molar-refractivity contribution in [1.29, 1.82) is 0 Å². The molecule has 214 valence electrons. The van der Waals surface area contributed by atoms with Gasteiger partial charge in [0.1, 0.15) is 18.3 Å². The Morgan fingerprint density at radius 3 is 2.05 bits per heavy atom. The highest BCUT2D eigenvalue weighted by atomic mass is 32.2. The minimum atomic E-state index is -4.12. The molecule has 0 saturated heterocycles. The molecule has 0 heterocycles. The number of nitrogens with one attached hydrogen (secondary N) is 1. The summed E-state index contributed by atoms with van der Waals surface area (Å²) < 4.78 is 34.3. The number of carbonyl (C=O) groups excluding carboxylic acids is 2. The molecular formula is C31H39N3O5S. The van der Waals surface area contributed by atoms with Gasteiger partial charge in [0, 0.05) is 12.6 Å².